The molecule has 0 fully saturated rings. The number of nitrogen functional groups attached to an aromatic ring is 1. The van der Waals surface area contributed by atoms with E-state index >= 15 is 0 Å². The Balaban J connectivity index is 2.52. The van der Waals surface area contributed by atoms with Crippen molar-refractivity contribution in [3.63, 3.8) is 0 Å². The van der Waals surface area contributed by atoms with Crippen molar-refractivity contribution < 1.29 is 22.8 Å². The molecule has 0 spiro atoms. The lowest BCUT2D eigenvalue weighted by Crippen LogP contribution is -2.28. The number of hydrogen-bond acceptors (Lipinski definition) is 3. The minimum atomic E-state index is -4.30. The highest BCUT2D eigenvalue weighted by molar-refractivity contribution is 5.95. The molecule has 0 heterocycles. The number of nitrogens with two attached hydrogens (primary N) is 2. The molecule has 21 heavy (non-hydrogen) atoms. The van der Waals surface area contributed by atoms with Gasteiger partial charge in [0.05, 0.1) is 6.42 Å². The van der Waals surface area contributed by atoms with Crippen molar-refractivity contribution in [3.05, 3.63) is 29.3 Å². The van der Waals surface area contributed by atoms with E-state index in [0.29, 0.717) is 11.3 Å². The van der Waals surface area contributed by atoms with Gasteiger partial charge in [-0.1, -0.05) is 6.07 Å². The van der Waals surface area contributed by atoms with Gasteiger partial charge in [0.2, 0.25) is 11.8 Å². The summed E-state index contributed by atoms with van der Waals surface area (Å²) in [5.74, 6) is -1.19. The molecule has 0 aliphatic rings. The van der Waals surface area contributed by atoms with Crippen LogP contribution in [0.15, 0.2) is 18.2 Å². The van der Waals surface area contributed by atoms with Gasteiger partial charge in [0.25, 0.3) is 0 Å². The van der Waals surface area contributed by atoms with E-state index in [0.717, 1.165) is 0 Å². The van der Waals surface area contributed by atoms with Crippen LogP contribution in [0.5, 0.6) is 0 Å². The Labute approximate surface area is 119 Å². The third-order valence-electron chi connectivity index (χ3n) is 2.75. The topological polar surface area (TPSA) is 98.2 Å². The van der Waals surface area contributed by atoms with Gasteiger partial charge in [-0.25, -0.2) is 0 Å². The minimum absolute atomic E-state index is 0.0396. The van der Waals surface area contributed by atoms with E-state index < -0.39 is 31.0 Å². The molecule has 0 aromatic heterocycles. The maximum Gasteiger partial charge on any atom is 0.390 e. The van der Waals surface area contributed by atoms with Crippen LogP contribution in [0.3, 0.4) is 0 Å². The first-order chi connectivity index (χ1) is 9.69. The third kappa shape index (κ3) is 6.15. The number of rotatable bonds is 6. The van der Waals surface area contributed by atoms with Gasteiger partial charge >= 0.3 is 6.18 Å². The first-order valence-electron chi connectivity index (χ1n) is 6.20. The van der Waals surface area contributed by atoms with Gasteiger partial charge in [-0.2, -0.15) is 13.2 Å². The quantitative estimate of drug-likeness (QED) is 0.692. The Kier molecular flexibility index (Phi) is 5.57. The highest BCUT2D eigenvalue weighted by atomic mass is 19.4. The summed E-state index contributed by atoms with van der Waals surface area (Å²) in [5, 5.41) is 2.17. The molecule has 116 valence electrons. The lowest BCUT2D eigenvalue weighted by atomic mass is 10.0. The molecule has 0 aliphatic heterocycles. The van der Waals surface area contributed by atoms with Crippen molar-refractivity contribution >= 4 is 17.5 Å². The molecule has 0 aliphatic carbocycles. The second-order valence-corrected chi connectivity index (χ2v) is 4.50. The number of carbonyl (C=O) groups is 2. The number of carbonyl (C=O) groups excluding carboxylic acids is 2. The average Bonchev–Trinajstić information content (AvgIpc) is 2.35. The van der Waals surface area contributed by atoms with Crippen molar-refractivity contribution in [2.24, 2.45) is 5.73 Å². The van der Waals surface area contributed by atoms with Crippen LogP contribution in [0.4, 0.5) is 18.9 Å². The number of nitrogens with one attached hydrogen (secondary N) is 1. The molecule has 2 amide bonds. The van der Waals surface area contributed by atoms with Crippen LogP contribution in [0, 0.1) is 0 Å². The number of anilines is 1. The van der Waals surface area contributed by atoms with Crippen LogP contribution in [-0.2, 0) is 11.2 Å². The standard InChI is InChI=1S/C13H16F3N3O2/c14-13(15,16)5-6-19-11(20)4-2-8-1-3-9(17)7-10(8)12(18)21/h1,3,7H,2,4-6,17H2,(H2,18,21)(H,19,20). The molecule has 1 rings (SSSR count). The van der Waals surface area contributed by atoms with E-state index in [1.54, 1.807) is 12.1 Å². The average molecular weight is 303 g/mol. The monoisotopic (exact) mass is 303 g/mol. The van der Waals surface area contributed by atoms with Gasteiger partial charge in [0, 0.05) is 24.2 Å². The normalized spacial score (nSPS) is 11.2. The van der Waals surface area contributed by atoms with Crippen LogP contribution in [0.1, 0.15) is 28.8 Å². The van der Waals surface area contributed by atoms with Gasteiger partial charge in [-0.3, -0.25) is 9.59 Å². The summed E-state index contributed by atoms with van der Waals surface area (Å²) in [6.07, 6.45) is -5.23. The Bertz CT molecular complexity index is 530. The fourth-order valence-corrected chi connectivity index (χ4v) is 1.72. The van der Waals surface area contributed by atoms with E-state index in [2.05, 4.69) is 5.32 Å². The van der Waals surface area contributed by atoms with Crippen molar-refractivity contribution in [1.82, 2.24) is 5.32 Å². The second kappa shape index (κ2) is 6.96. The van der Waals surface area contributed by atoms with E-state index in [-0.39, 0.29) is 18.4 Å². The molecule has 0 radical (unpaired) electrons. The smallest absolute Gasteiger partial charge is 0.390 e. The summed E-state index contributed by atoms with van der Waals surface area (Å²) >= 11 is 0. The summed E-state index contributed by atoms with van der Waals surface area (Å²) < 4.78 is 35.8. The van der Waals surface area contributed by atoms with Gasteiger partial charge in [0.1, 0.15) is 0 Å². The van der Waals surface area contributed by atoms with Crippen LogP contribution in [-0.4, -0.2) is 24.5 Å². The molecule has 0 saturated heterocycles. The summed E-state index contributed by atoms with van der Waals surface area (Å²) in [4.78, 5) is 22.7. The van der Waals surface area contributed by atoms with Crippen molar-refractivity contribution in [1.29, 1.82) is 0 Å². The fourth-order valence-electron chi connectivity index (χ4n) is 1.72. The summed E-state index contributed by atoms with van der Waals surface area (Å²) in [6.45, 7) is -0.466. The Morgan fingerprint density at radius 3 is 2.48 bits per heavy atom. The number of halogens is 3. The van der Waals surface area contributed by atoms with Crippen LogP contribution < -0.4 is 16.8 Å². The zero-order chi connectivity index (χ0) is 16.0. The number of hydrogen-bond donors (Lipinski definition) is 3. The Morgan fingerprint density at radius 2 is 1.90 bits per heavy atom. The summed E-state index contributed by atoms with van der Waals surface area (Å²) in [5.41, 5.74) is 11.8. The number of amides is 2. The molecule has 0 unspecified atom stereocenters. The first kappa shape index (κ1) is 16.8. The molecule has 0 bridgehead atoms. The fraction of sp³-hybridized carbons (Fsp3) is 0.385. The van der Waals surface area contributed by atoms with E-state index in [4.69, 9.17) is 11.5 Å². The van der Waals surface area contributed by atoms with Crippen LogP contribution in [0.25, 0.3) is 0 Å². The lowest BCUT2D eigenvalue weighted by molar-refractivity contribution is -0.135. The maximum atomic E-state index is 11.9. The van der Waals surface area contributed by atoms with E-state index in [1.807, 2.05) is 0 Å². The largest absolute Gasteiger partial charge is 0.399 e. The summed E-state index contributed by atoms with van der Waals surface area (Å²) in [6, 6.07) is 4.53. The van der Waals surface area contributed by atoms with Crippen molar-refractivity contribution in [2.45, 2.75) is 25.4 Å². The van der Waals surface area contributed by atoms with Gasteiger partial charge in [-0.15, -0.1) is 0 Å². The molecular weight excluding hydrogens is 287 g/mol. The highest BCUT2D eigenvalue weighted by Crippen LogP contribution is 2.18. The number of aryl methyl sites for hydroxylation is 1. The molecule has 1 aromatic rings. The zero-order valence-corrected chi connectivity index (χ0v) is 11.2. The SMILES string of the molecule is NC(=O)c1cc(N)ccc1CCC(=O)NCCC(F)(F)F. The van der Waals surface area contributed by atoms with E-state index in [9.17, 15) is 22.8 Å². The molecule has 1 aromatic carbocycles. The molecule has 0 atom stereocenters. The number of alkyl halides is 3. The zero-order valence-electron chi connectivity index (χ0n) is 11.2. The number of benzene rings is 1. The number of primary amides is 1. The minimum Gasteiger partial charge on any atom is -0.399 e. The maximum absolute atomic E-state index is 11.9. The van der Waals surface area contributed by atoms with Crippen LogP contribution in [0.2, 0.25) is 0 Å². The summed E-state index contributed by atoms with van der Waals surface area (Å²) in [7, 11) is 0. The Morgan fingerprint density at radius 1 is 1.24 bits per heavy atom. The van der Waals surface area contributed by atoms with Crippen molar-refractivity contribution in [2.75, 3.05) is 12.3 Å². The van der Waals surface area contributed by atoms with Gasteiger partial charge in [-0.05, 0) is 24.1 Å². The van der Waals surface area contributed by atoms with Gasteiger partial charge in [0.15, 0.2) is 0 Å². The van der Waals surface area contributed by atoms with Crippen molar-refractivity contribution in [3.8, 4) is 0 Å². The molecule has 8 heteroatoms. The molecule has 0 saturated carbocycles. The molecular formula is C13H16F3N3O2. The van der Waals surface area contributed by atoms with Gasteiger partial charge < -0.3 is 16.8 Å². The van der Waals surface area contributed by atoms with Crippen LogP contribution >= 0.6 is 0 Å². The molecule has 5 nitrogen and oxygen atoms in total. The third-order valence-corrected chi connectivity index (χ3v) is 2.75. The Hall–Kier alpha value is -2.25. The lowest BCUT2D eigenvalue weighted by Gasteiger charge is -2.09. The predicted octanol–water partition coefficient (Wildman–Crippen LogP) is 1.37. The predicted molar refractivity (Wildman–Crippen MR) is 71.4 cm³/mol. The molecule has 5 N–H and O–H groups in total. The van der Waals surface area contributed by atoms with E-state index in [1.165, 1.54) is 6.07 Å². The highest BCUT2D eigenvalue weighted by Gasteiger charge is 2.26. The second-order valence-electron chi connectivity index (χ2n) is 4.50. The first-order valence-corrected chi connectivity index (χ1v) is 6.20.